The highest BCUT2D eigenvalue weighted by Crippen LogP contribution is 2.10. The van der Waals surface area contributed by atoms with Crippen molar-refractivity contribution in [2.24, 2.45) is 0 Å². The topological polar surface area (TPSA) is 70.8 Å². The van der Waals surface area contributed by atoms with E-state index in [0.29, 0.717) is 13.0 Å². The predicted molar refractivity (Wildman–Crippen MR) is 61.8 cm³/mol. The van der Waals surface area contributed by atoms with Crippen molar-refractivity contribution in [2.45, 2.75) is 32.7 Å². The minimum Gasteiger partial charge on any atom is -0.481 e. The van der Waals surface area contributed by atoms with Gasteiger partial charge in [0.2, 0.25) is 0 Å². The molecule has 1 heterocycles. The second-order valence-electron chi connectivity index (χ2n) is 4.07. The molecule has 1 aromatic rings. The molecule has 0 saturated heterocycles. The number of carbonyl (C=O) groups is 2. The number of furan rings is 1. The van der Waals surface area contributed by atoms with Crippen molar-refractivity contribution in [3.05, 3.63) is 24.2 Å². The van der Waals surface area contributed by atoms with Gasteiger partial charge in [0, 0.05) is 19.0 Å². The Hall–Kier alpha value is -1.78. The molecule has 0 fully saturated rings. The number of rotatable bonds is 6. The van der Waals surface area contributed by atoms with Crippen molar-refractivity contribution in [2.75, 3.05) is 6.54 Å². The van der Waals surface area contributed by atoms with Crippen LogP contribution in [-0.2, 0) is 4.79 Å². The van der Waals surface area contributed by atoms with Crippen LogP contribution in [0.3, 0.4) is 0 Å². The van der Waals surface area contributed by atoms with Gasteiger partial charge in [-0.05, 0) is 32.4 Å². The molecule has 0 aliphatic carbocycles. The number of hydrogen-bond acceptors (Lipinski definition) is 3. The summed E-state index contributed by atoms with van der Waals surface area (Å²) >= 11 is 0. The molecule has 0 unspecified atom stereocenters. The Balaban J connectivity index is 2.60. The van der Waals surface area contributed by atoms with Crippen LogP contribution in [0.5, 0.6) is 0 Å². The lowest BCUT2D eigenvalue weighted by Gasteiger charge is -2.25. The van der Waals surface area contributed by atoms with Crippen LogP contribution in [0, 0.1) is 0 Å². The van der Waals surface area contributed by atoms with Gasteiger partial charge in [0.25, 0.3) is 5.91 Å². The average molecular weight is 239 g/mol. The molecule has 94 valence electrons. The van der Waals surface area contributed by atoms with E-state index in [0.717, 1.165) is 0 Å². The van der Waals surface area contributed by atoms with Crippen molar-refractivity contribution in [1.82, 2.24) is 4.90 Å². The number of hydrogen-bond donors (Lipinski definition) is 1. The third kappa shape index (κ3) is 3.94. The summed E-state index contributed by atoms with van der Waals surface area (Å²) in [4.78, 5) is 24.0. The summed E-state index contributed by atoms with van der Waals surface area (Å²) in [6.45, 7) is 4.20. The Kier molecular flexibility index (Phi) is 4.75. The maximum absolute atomic E-state index is 12.0. The number of carboxylic acid groups (broad SMARTS) is 1. The smallest absolute Gasteiger partial charge is 0.303 e. The van der Waals surface area contributed by atoms with Crippen LogP contribution in [0.2, 0.25) is 0 Å². The van der Waals surface area contributed by atoms with Crippen molar-refractivity contribution < 1.29 is 19.1 Å². The summed E-state index contributed by atoms with van der Waals surface area (Å²) < 4.78 is 5.05. The zero-order valence-electron chi connectivity index (χ0n) is 10.0. The summed E-state index contributed by atoms with van der Waals surface area (Å²) in [5.41, 5.74) is 0. The largest absolute Gasteiger partial charge is 0.481 e. The van der Waals surface area contributed by atoms with Crippen LogP contribution in [0.4, 0.5) is 0 Å². The average Bonchev–Trinajstić information content (AvgIpc) is 2.75. The van der Waals surface area contributed by atoms with Gasteiger partial charge in [-0.3, -0.25) is 9.59 Å². The van der Waals surface area contributed by atoms with Crippen LogP contribution in [-0.4, -0.2) is 34.5 Å². The second-order valence-corrected chi connectivity index (χ2v) is 4.07. The summed E-state index contributed by atoms with van der Waals surface area (Å²) in [5.74, 6) is -0.761. The molecule has 5 heteroatoms. The first-order valence-corrected chi connectivity index (χ1v) is 5.58. The van der Waals surface area contributed by atoms with E-state index >= 15 is 0 Å². The van der Waals surface area contributed by atoms with Gasteiger partial charge in [0.1, 0.15) is 0 Å². The van der Waals surface area contributed by atoms with Crippen molar-refractivity contribution in [1.29, 1.82) is 0 Å². The number of aliphatic carboxylic acids is 1. The second kappa shape index (κ2) is 6.08. The van der Waals surface area contributed by atoms with E-state index in [4.69, 9.17) is 9.52 Å². The normalized spacial score (nSPS) is 10.5. The zero-order valence-corrected chi connectivity index (χ0v) is 10.0. The molecule has 1 N–H and O–H groups in total. The van der Waals surface area contributed by atoms with Crippen LogP contribution in [0.25, 0.3) is 0 Å². The van der Waals surface area contributed by atoms with Gasteiger partial charge in [0.05, 0.1) is 6.26 Å². The van der Waals surface area contributed by atoms with Gasteiger partial charge >= 0.3 is 5.97 Å². The monoisotopic (exact) mass is 239 g/mol. The molecule has 0 bridgehead atoms. The van der Waals surface area contributed by atoms with Crippen molar-refractivity contribution in [3.8, 4) is 0 Å². The molecule has 0 aliphatic rings. The van der Waals surface area contributed by atoms with Gasteiger partial charge in [-0.25, -0.2) is 0 Å². The first-order valence-electron chi connectivity index (χ1n) is 5.58. The minimum absolute atomic E-state index is 0.0152. The molecular formula is C12H17NO4. The number of carbonyl (C=O) groups excluding carboxylic acids is 1. The van der Waals surface area contributed by atoms with E-state index < -0.39 is 5.97 Å². The van der Waals surface area contributed by atoms with Gasteiger partial charge in [0.15, 0.2) is 5.76 Å². The molecule has 0 aliphatic heterocycles. The molecule has 1 rings (SSSR count). The lowest BCUT2D eigenvalue weighted by molar-refractivity contribution is -0.137. The van der Waals surface area contributed by atoms with Gasteiger partial charge in [-0.2, -0.15) is 0 Å². The minimum atomic E-state index is -0.848. The molecule has 0 aromatic carbocycles. The summed E-state index contributed by atoms with van der Waals surface area (Å²) in [7, 11) is 0. The Morgan fingerprint density at radius 1 is 1.47 bits per heavy atom. The van der Waals surface area contributed by atoms with Crippen molar-refractivity contribution >= 4 is 11.9 Å². The Morgan fingerprint density at radius 2 is 2.18 bits per heavy atom. The molecular weight excluding hydrogens is 222 g/mol. The summed E-state index contributed by atoms with van der Waals surface area (Å²) in [6.07, 6.45) is 1.96. The molecule has 1 aromatic heterocycles. The highest BCUT2D eigenvalue weighted by Gasteiger charge is 2.20. The lowest BCUT2D eigenvalue weighted by Crippen LogP contribution is -2.37. The van der Waals surface area contributed by atoms with E-state index in [2.05, 4.69) is 0 Å². The molecule has 1 amide bonds. The van der Waals surface area contributed by atoms with E-state index in [9.17, 15) is 9.59 Å². The van der Waals surface area contributed by atoms with Crippen LogP contribution in [0.15, 0.2) is 22.8 Å². The third-order valence-electron chi connectivity index (χ3n) is 2.41. The highest BCUT2D eigenvalue weighted by atomic mass is 16.4. The Morgan fingerprint density at radius 3 is 2.65 bits per heavy atom. The first kappa shape index (κ1) is 13.3. The Bertz CT molecular complexity index is 370. The SMILES string of the molecule is CC(C)N(CCCC(=O)O)C(=O)c1ccco1. The maximum Gasteiger partial charge on any atom is 0.303 e. The van der Waals surface area contributed by atoms with E-state index in [-0.39, 0.29) is 24.1 Å². The lowest BCUT2D eigenvalue weighted by atomic mass is 10.2. The maximum atomic E-state index is 12.0. The van der Waals surface area contributed by atoms with Gasteiger partial charge < -0.3 is 14.4 Å². The van der Waals surface area contributed by atoms with Crippen LogP contribution in [0.1, 0.15) is 37.2 Å². The highest BCUT2D eigenvalue weighted by molar-refractivity contribution is 5.91. The quantitative estimate of drug-likeness (QED) is 0.824. The van der Waals surface area contributed by atoms with Gasteiger partial charge in [-0.1, -0.05) is 0 Å². The van der Waals surface area contributed by atoms with Crippen LogP contribution < -0.4 is 0 Å². The molecule has 0 spiro atoms. The first-order chi connectivity index (χ1) is 8.02. The van der Waals surface area contributed by atoms with E-state index in [1.54, 1.807) is 17.0 Å². The fraction of sp³-hybridized carbons (Fsp3) is 0.500. The van der Waals surface area contributed by atoms with E-state index in [1.807, 2.05) is 13.8 Å². The fourth-order valence-corrected chi connectivity index (χ4v) is 1.54. The standard InChI is InChI=1S/C12H17NO4/c1-9(2)13(7-3-6-11(14)15)12(16)10-5-4-8-17-10/h4-5,8-9H,3,6-7H2,1-2H3,(H,14,15). The number of amides is 1. The molecule has 5 nitrogen and oxygen atoms in total. The fourth-order valence-electron chi connectivity index (χ4n) is 1.54. The third-order valence-corrected chi connectivity index (χ3v) is 2.41. The predicted octanol–water partition coefficient (Wildman–Crippen LogP) is 2.00. The Labute approximate surface area is 100 Å². The molecule has 0 atom stereocenters. The number of nitrogens with zero attached hydrogens (tertiary/aromatic N) is 1. The van der Waals surface area contributed by atoms with Crippen LogP contribution >= 0.6 is 0 Å². The van der Waals surface area contributed by atoms with Gasteiger partial charge in [-0.15, -0.1) is 0 Å². The summed E-state index contributed by atoms with van der Waals surface area (Å²) in [5, 5.41) is 8.57. The van der Waals surface area contributed by atoms with E-state index in [1.165, 1.54) is 6.26 Å². The molecule has 0 saturated carbocycles. The number of carboxylic acids is 1. The molecule has 17 heavy (non-hydrogen) atoms. The molecule has 0 radical (unpaired) electrons. The van der Waals surface area contributed by atoms with Crippen molar-refractivity contribution in [3.63, 3.8) is 0 Å². The summed E-state index contributed by atoms with van der Waals surface area (Å²) in [6, 6.07) is 3.28. The zero-order chi connectivity index (χ0) is 12.8.